The van der Waals surface area contributed by atoms with Crippen LogP contribution in [-0.2, 0) is 28.9 Å². The van der Waals surface area contributed by atoms with Gasteiger partial charge >= 0.3 is 5.97 Å². The standard InChI is InChI=1S/C25H33N3O5/c1-4-28-22-19(15-25(16-26-23(22)29)9-12-32-13-10-25)20(27-28)6-5-11-33-24(30)18-8-7-17(2)21(14-18)31-3/h7-8,14H,4-6,9-13,15-16H2,1-3H3,(H,26,29). The SMILES string of the molecule is CCn1nc(CCCOC(=O)c2ccc(C)c(OC)c2)c2c1C(=O)NCC1(CCOCC1)C2. The molecule has 1 N–H and O–H groups in total. The maximum atomic E-state index is 12.9. The van der Waals surface area contributed by atoms with Gasteiger partial charge in [-0.1, -0.05) is 6.07 Å². The molecule has 0 radical (unpaired) electrons. The molecule has 0 bridgehead atoms. The summed E-state index contributed by atoms with van der Waals surface area (Å²) in [6, 6.07) is 5.29. The molecule has 33 heavy (non-hydrogen) atoms. The number of hydrogen-bond acceptors (Lipinski definition) is 6. The van der Waals surface area contributed by atoms with E-state index in [4.69, 9.17) is 19.3 Å². The van der Waals surface area contributed by atoms with Gasteiger partial charge in [-0.15, -0.1) is 0 Å². The summed E-state index contributed by atoms with van der Waals surface area (Å²) in [5, 5.41) is 7.88. The van der Waals surface area contributed by atoms with Crippen LogP contribution in [0.2, 0.25) is 0 Å². The second-order valence-electron chi connectivity index (χ2n) is 8.99. The van der Waals surface area contributed by atoms with E-state index in [1.165, 1.54) is 0 Å². The minimum Gasteiger partial charge on any atom is -0.496 e. The van der Waals surface area contributed by atoms with Crippen LogP contribution in [0.4, 0.5) is 0 Å². The summed E-state index contributed by atoms with van der Waals surface area (Å²) in [6.07, 6.45) is 3.98. The van der Waals surface area contributed by atoms with Gasteiger partial charge in [-0.3, -0.25) is 9.48 Å². The van der Waals surface area contributed by atoms with E-state index in [0.29, 0.717) is 42.9 Å². The molecule has 0 saturated carbocycles. The second kappa shape index (κ2) is 9.95. The Morgan fingerprint density at radius 2 is 2.09 bits per heavy atom. The van der Waals surface area contributed by atoms with Crippen LogP contribution in [-0.4, -0.2) is 55.1 Å². The summed E-state index contributed by atoms with van der Waals surface area (Å²) in [4.78, 5) is 25.3. The number of aryl methyl sites for hydroxylation is 3. The van der Waals surface area contributed by atoms with E-state index in [0.717, 1.165) is 49.3 Å². The van der Waals surface area contributed by atoms with Crippen molar-refractivity contribution >= 4 is 11.9 Å². The third-order valence-electron chi connectivity index (χ3n) is 6.81. The summed E-state index contributed by atoms with van der Waals surface area (Å²) in [7, 11) is 1.58. The number of methoxy groups -OCH3 is 1. The molecule has 8 nitrogen and oxygen atoms in total. The van der Waals surface area contributed by atoms with Gasteiger partial charge in [0, 0.05) is 31.9 Å². The quantitative estimate of drug-likeness (QED) is 0.510. The zero-order chi connectivity index (χ0) is 23.4. The molecule has 1 fully saturated rings. The van der Waals surface area contributed by atoms with Gasteiger partial charge in [0.1, 0.15) is 11.4 Å². The minimum atomic E-state index is -0.369. The van der Waals surface area contributed by atoms with E-state index >= 15 is 0 Å². The number of fused-ring (bicyclic) bond motifs is 1. The van der Waals surface area contributed by atoms with Crippen LogP contribution in [0, 0.1) is 12.3 Å². The molecule has 0 unspecified atom stereocenters. The number of esters is 1. The fourth-order valence-corrected chi connectivity index (χ4v) is 4.80. The number of rotatable bonds is 7. The fraction of sp³-hybridized carbons (Fsp3) is 0.560. The zero-order valence-electron chi connectivity index (χ0n) is 19.7. The molecule has 1 aromatic heterocycles. The van der Waals surface area contributed by atoms with Gasteiger partial charge in [-0.05, 0) is 69.1 Å². The molecule has 8 heteroatoms. The van der Waals surface area contributed by atoms with Crippen molar-refractivity contribution in [3.63, 3.8) is 0 Å². The Morgan fingerprint density at radius 3 is 2.82 bits per heavy atom. The first kappa shape index (κ1) is 23.3. The van der Waals surface area contributed by atoms with Crippen molar-refractivity contribution in [2.24, 2.45) is 5.41 Å². The van der Waals surface area contributed by atoms with E-state index in [1.807, 2.05) is 24.6 Å². The van der Waals surface area contributed by atoms with Crippen LogP contribution in [0.15, 0.2) is 18.2 Å². The minimum absolute atomic E-state index is 0.0203. The first-order valence-electron chi connectivity index (χ1n) is 11.7. The molecular weight excluding hydrogens is 422 g/mol. The van der Waals surface area contributed by atoms with E-state index in [2.05, 4.69) is 5.32 Å². The van der Waals surface area contributed by atoms with Gasteiger partial charge < -0.3 is 19.5 Å². The van der Waals surface area contributed by atoms with Gasteiger partial charge in [0.15, 0.2) is 0 Å². The Balaban J connectivity index is 1.43. The lowest BCUT2D eigenvalue weighted by molar-refractivity contribution is 0.0160. The van der Waals surface area contributed by atoms with E-state index in [1.54, 1.807) is 19.2 Å². The van der Waals surface area contributed by atoms with E-state index < -0.39 is 0 Å². The molecule has 4 rings (SSSR count). The average molecular weight is 456 g/mol. The fourth-order valence-electron chi connectivity index (χ4n) is 4.80. The van der Waals surface area contributed by atoms with Crippen LogP contribution >= 0.6 is 0 Å². The number of amides is 1. The zero-order valence-corrected chi connectivity index (χ0v) is 19.7. The highest BCUT2D eigenvalue weighted by Gasteiger charge is 2.39. The third-order valence-corrected chi connectivity index (χ3v) is 6.81. The van der Waals surface area contributed by atoms with Crippen LogP contribution in [0.5, 0.6) is 5.75 Å². The molecule has 178 valence electrons. The summed E-state index contributed by atoms with van der Waals surface area (Å²) >= 11 is 0. The molecule has 2 aliphatic heterocycles. The van der Waals surface area contributed by atoms with E-state index in [9.17, 15) is 9.59 Å². The number of carbonyl (C=O) groups excluding carboxylic acids is 2. The number of aromatic nitrogens is 2. The number of carbonyl (C=O) groups is 2. The molecule has 1 amide bonds. The molecule has 2 aromatic rings. The largest absolute Gasteiger partial charge is 0.496 e. The predicted molar refractivity (Wildman–Crippen MR) is 123 cm³/mol. The maximum absolute atomic E-state index is 12.9. The number of benzene rings is 1. The van der Waals surface area contributed by atoms with Crippen LogP contribution in [0.1, 0.15) is 63.9 Å². The van der Waals surface area contributed by atoms with Gasteiger partial charge in [-0.2, -0.15) is 5.10 Å². The Hall–Kier alpha value is -2.87. The molecule has 2 aliphatic rings. The molecule has 0 aliphatic carbocycles. The second-order valence-corrected chi connectivity index (χ2v) is 8.99. The number of hydrogen-bond donors (Lipinski definition) is 1. The van der Waals surface area contributed by atoms with Crippen molar-refractivity contribution in [2.45, 2.75) is 52.5 Å². The molecule has 1 aromatic carbocycles. The highest BCUT2D eigenvalue weighted by atomic mass is 16.5. The Bertz CT molecular complexity index is 1020. The smallest absolute Gasteiger partial charge is 0.338 e. The van der Waals surface area contributed by atoms with Gasteiger partial charge in [0.2, 0.25) is 0 Å². The lowest BCUT2D eigenvalue weighted by Gasteiger charge is -2.36. The summed E-state index contributed by atoms with van der Waals surface area (Å²) in [6.45, 7) is 6.97. The monoisotopic (exact) mass is 455 g/mol. The number of ether oxygens (including phenoxy) is 3. The molecule has 1 saturated heterocycles. The highest BCUT2D eigenvalue weighted by molar-refractivity contribution is 5.95. The van der Waals surface area contributed by atoms with Gasteiger partial charge in [0.05, 0.1) is 25.0 Å². The predicted octanol–water partition coefficient (Wildman–Crippen LogP) is 3.09. The normalized spacial score (nSPS) is 17.2. The molecule has 3 heterocycles. The first-order chi connectivity index (χ1) is 16.0. The summed E-state index contributed by atoms with van der Waals surface area (Å²) in [5.74, 6) is 0.248. The van der Waals surface area contributed by atoms with Crippen LogP contribution in [0.3, 0.4) is 0 Å². The Kier molecular flexibility index (Phi) is 7.02. The topological polar surface area (TPSA) is 91.7 Å². The average Bonchev–Trinajstić information content (AvgIpc) is 3.11. The van der Waals surface area contributed by atoms with Crippen molar-refractivity contribution in [1.82, 2.24) is 15.1 Å². The maximum Gasteiger partial charge on any atom is 0.338 e. The van der Waals surface area contributed by atoms with Gasteiger partial charge in [-0.25, -0.2) is 4.79 Å². The van der Waals surface area contributed by atoms with Crippen LogP contribution < -0.4 is 10.1 Å². The van der Waals surface area contributed by atoms with Crippen molar-refractivity contribution in [2.75, 3.05) is 33.5 Å². The van der Waals surface area contributed by atoms with Crippen molar-refractivity contribution < 1.29 is 23.8 Å². The van der Waals surface area contributed by atoms with Crippen LogP contribution in [0.25, 0.3) is 0 Å². The first-order valence-corrected chi connectivity index (χ1v) is 11.7. The van der Waals surface area contributed by atoms with Gasteiger partial charge in [0.25, 0.3) is 5.91 Å². The number of nitrogens with zero attached hydrogens (tertiary/aromatic N) is 2. The van der Waals surface area contributed by atoms with Crippen molar-refractivity contribution in [3.8, 4) is 5.75 Å². The molecule has 1 spiro atoms. The van der Waals surface area contributed by atoms with E-state index in [-0.39, 0.29) is 23.9 Å². The molecule has 0 atom stereocenters. The summed E-state index contributed by atoms with van der Waals surface area (Å²) < 4.78 is 18.2. The Morgan fingerprint density at radius 1 is 1.30 bits per heavy atom. The Labute approximate surface area is 194 Å². The number of nitrogens with one attached hydrogen (secondary N) is 1. The lowest BCUT2D eigenvalue weighted by atomic mass is 9.75. The third kappa shape index (κ3) is 4.90. The highest BCUT2D eigenvalue weighted by Crippen LogP contribution is 2.37. The summed E-state index contributed by atoms with van der Waals surface area (Å²) in [5.41, 5.74) is 4.12. The van der Waals surface area contributed by atoms with Crippen molar-refractivity contribution in [1.29, 1.82) is 0 Å². The van der Waals surface area contributed by atoms with Crippen molar-refractivity contribution in [3.05, 3.63) is 46.3 Å². The molecular formula is C25H33N3O5. The lowest BCUT2D eigenvalue weighted by Crippen LogP contribution is -2.40.